The zero-order valence-corrected chi connectivity index (χ0v) is 14.3. The predicted molar refractivity (Wildman–Crippen MR) is 102 cm³/mol. The molecule has 27 heavy (non-hydrogen) atoms. The Morgan fingerprint density at radius 3 is 2.56 bits per heavy atom. The Labute approximate surface area is 156 Å². The molecule has 1 aliphatic carbocycles. The van der Waals surface area contributed by atoms with Gasteiger partial charge in [-0.1, -0.05) is 48.5 Å². The summed E-state index contributed by atoms with van der Waals surface area (Å²) in [5.74, 6) is -1.16. The molecule has 0 spiro atoms. The van der Waals surface area contributed by atoms with Crippen molar-refractivity contribution in [2.75, 3.05) is 5.32 Å². The number of hydrogen-bond donors (Lipinski definition) is 1. The third-order valence-electron chi connectivity index (χ3n) is 4.68. The maximum Gasteiger partial charge on any atom is 0.194 e. The third kappa shape index (κ3) is 3.00. The number of halogens is 1. The van der Waals surface area contributed by atoms with Gasteiger partial charge in [0.2, 0.25) is 0 Å². The molecule has 130 valence electrons. The zero-order valence-electron chi connectivity index (χ0n) is 14.3. The van der Waals surface area contributed by atoms with Crippen LogP contribution in [0.1, 0.15) is 33.0 Å². The summed E-state index contributed by atoms with van der Waals surface area (Å²) in [6, 6.07) is 23.4. The number of fused-ring (bicyclic) bond motifs is 1. The Hall–Kier alpha value is -3.71. The molecule has 4 heteroatoms. The number of nitrogens with one attached hydrogen (secondary N) is 1. The molecular weight excluding hydrogens is 339 g/mol. The highest BCUT2D eigenvalue weighted by Gasteiger charge is 2.37. The molecule has 1 aliphatic rings. The van der Waals surface area contributed by atoms with Crippen LogP contribution >= 0.6 is 0 Å². The van der Waals surface area contributed by atoms with E-state index < -0.39 is 5.82 Å². The monoisotopic (exact) mass is 354 g/mol. The van der Waals surface area contributed by atoms with Crippen molar-refractivity contribution >= 4 is 11.5 Å². The van der Waals surface area contributed by atoms with Gasteiger partial charge in [-0.3, -0.25) is 4.79 Å². The van der Waals surface area contributed by atoms with Crippen LogP contribution in [0.3, 0.4) is 0 Å². The summed E-state index contributed by atoms with van der Waals surface area (Å²) in [7, 11) is 0. The van der Waals surface area contributed by atoms with Crippen LogP contribution in [0.15, 0.2) is 84.6 Å². The van der Waals surface area contributed by atoms with Crippen molar-refractivity contribution in [3.8, 4) is 6.07 Å². The molecular formula is C23H15FN2O. The number of Topliss-reactive ketones (excluding diaryl/α,β-unsaturated/α-hetero) is 1. The van der Waals surface area contributed by atoms with Gasteiger partial charge in [-0.2, -0.15) is 5.26 Å². The number of ketones is 1. The van der Waals surface area contributed by atoms with E-state index in [2.05, 4.69) is 11.4 Å². The highest BCUT2D eigenvalue weighted by molar-refractivity contribution is 6.15. The Morgan fingerprint density at radius 1 is 1.00 bits per heavy atom. The Kier molecular flexibility index (Phi) is 4.27. The van der Waals surface area contributed by atoms with E-state index in [1.54, 1.807) is 36.5 Å². The Balaban J connectivity index is 1.79. The van der Waals surface area contributed by atoms with Crippen LogP contribution in [0.4, 0.5) is 10.1 Å². The first kappa shape index (κ1) is 16.7. The summed E-state index contributed by atoms with van der Waals surface area (Å²) in [5.41, 5.74) is 3.41. The molecule has 0 saturated heterocycles. The van der Waals surface area contributed by atoms with Crippen LogP contribution in [0.25, 0.3) is 0 Å². The molecule has 1 atom stereocenters. The number of nitrogens with zero attached hydrogens (tertiary/aromatic N) is 1. The van der Waals surface area contributed by atoms with Crippen LogP contribution < -0.4 is 5.32 Å². The molecule has 1 N–H and O–H groups in total. The van der Waals surface area contributed by atoms with E-state index in [1.165, 1.54) is 6.07 Å². The van der Waals surface area contributed by atoms with Gasteiger partial charge >= 0.3 is 0 Å². The zero-order chi connectivity index (χ0) is 18.8. The Morgan fingerprint density at radius 2 is 1.78 bits per heavy atom. The predicted octanol–water partition coefficient (Wildman–Crippen LogP) is 5.02. The molecule has 0 unspecified atom stereocenters. The molecule has 0 bridgehead atoms. The first-order valence-corrected chi connectivity index (χ1v) is 8.54. The molecule has 0 aromatic heterocycles. The number of carbonyl (C=O) groups is 1. The number of hydrogen-bond acceptors (Lipinski definition) is 3. The van der Waals surface area contributed by atoms with Gasteiger partial charge in [0.25, 0.3) is 0 Å². The first-order chi connectivity index (χ1) is 13.2. The smallest absolute Gasteiger partial charge is 0.194 e. The van der Waals surface area contributed by atoms with Gasteiger partial charge in [0.1, 0.15) is 5.82 Å². The second-order valence-corrected chi connectivity index (χ2v) is 6.31. The summed E-state index contributed by atoms with van der Waals surface area (Å²) in [6.07, 6.45) is 1.62. The highest BCUT2D eigenvalue weighted by Crippen LogP contribution is 2.42. The molecule has 0 aliphatic heterocycles. The van der Waals surface area contributed by atoms with E-state index in [-0.39, 0.29) is 17.3 Å². The highest BCUT2D eigenvalue weighted by atomic mass is 19.1. The van der Waals surface area contributed by atoms with Gasteiger partial charge in [-0.05, 0) is 35.4 Å². The largest absolute Gasteiger partial charge is 0.361 e. The number of rotatable bonds is 3. The van der Waals surface area contributed by atoms with Gasteiger partial charge in [0.05, 0.1) is 17.2 Å². The molecule has 0 heterocycles. The summed E-state index contributed by atoms with van der Waals surface area (Å²) in [5, 5.41) is 12.1. The van der Waals surface area contributed by atoms with E-state index in [9.17, 15) is 9.18 Å². The molecule has 3 aromatic rings. The van der Waals surface area contributed by atoms with Crippen molar-refractivity contribution in [2.24, 2.45) is 0 Å². The van der Waals surface area contributed by atoms with E-state index in [0.29, 0.717) is 22.4 Å². The van der Waals surface area contributed by atoms with E-state index >= 15 is 0 Å². The number of anilines is 1. The fourth-order valence-corrected chi connectivity index (χ4v) is 3.46. The van der Waals surface area contributed by atoms with Gasteiger partial charge in [-0.25, -0.2) is 4.39 Å². The van der Waals surface area contributed by atoms with Crippen molar-refractivity contribution in [1.82, 2.24) is 0 Å². The number of allylic oxidation sites excluding steroid dienone is 1. The van der Waals surface area contributed by atoms with Crippen molar-refractivity contribution in [3.05, 3.63) is 113 Å². The number of carbonyl (C=O) groups excluding carboxylic acids is 1. The molecule has 4 rings (SSSR count). The van der Waals surface area contributed by atoms with Crippen LogP contribution in [-0.4, -0.2) is 5.78 Å². The maximum atomic E-state index is 14.4. The molecule has 0 amide bonds. The standard InChI is InChI=1S/C23H15FN2O/c24-20-11-5-10-18-21(16-7-2-1-3-8-16)19(23(27)22(18)20)14-26-17-9-4-6-15(12-17)13-25/h1-12,14,21,26H/b19-14-/t21-/m1/s1. The minimum Gasteiger partial charge on any atom is -0.361 e. The molecule has 0 radical (unpaired) electrons. The van der Waals surface area contributed by atoms with Crippen molar-refractivity contribution in [1.29, 1.82) is 5.26 Å². The minimum atomic E-state index is -0.506. The molecule has 0 saturated carbocycles. The minimum absolute atomic E-state index is 0.130. The topological polar surface area (TPSA) is 52.9 Å². The number of benzene rings is 3. The summed E-state index contributed by atoms with van der Waals surface area (Å²) < 4.78 is 14.4. The fraction of sp³-hybridized carbons (Fsp3) is 0.0435. The van der Waals surface area contributed by atoms with E-state index in [1.807, 2.05) is 36.4 Å². The number of nitriles is 1. The van der Waals surface area contributed by atoms with Crippen LogP contribution in [0.5, 0.6) is 0 Å². The van der Waals surface area contributed by atoms with Crippen molar-refractivity contribution < 1.29 is 9.18 Å². The van der Waals surface area contributed by atoms with Gasteiger partial charge < -0.3 is 5.32 Å². The molecule has 3 nitrogen and oxygen atoms in total. The summed E-state index contributed by atoms with van der Waals surface area (Å²) >= 11 is 0. The van der Waals surface area contributed by atoms with E-state index in [0.717, 1.165) is 5.56 Å². The van der Waals surface area contributed by atoms with E-state index in [4.69, 9.17) is 5.26 Å². The quantitative estimate of drug-likeness (QED) is 0.672. The summed E-state index contributed by atoms with van der Waals surface area (Å²) in [4.78, 5) is 12.9. The second kappa shape index (κ2) is 6.89. The SMILES string of the molecule is N#Cc1cccc(N/C=C2\C(=O)c3c(F)cccc3[C@H]2c2ccccc2)c1. The normalized spacial score (nSPS) is 16.8. The lowest BCUT2D eigenvalue weighted by Crippen LogP contribution is -2.05. The lowest BCUT2D eigenvalue weighted by Gasteiger charge is -2.14. The maximum absolute atomic E-state index is 14.4. The molecule has 0 fully saturated rings. The van der Waals surface area contributed by atoms with Crippen molar-refractivity contribution in [2.45, 2.75) is 5.92 Å². The molecule has 3 aromatic carbocycles. The summed E-state index contributed by atoms with van der Waals surface area (Å²) in [6.45, 7) is 0. The van der Waals surface area contributed by atoms with Crippen LogP contribution in [0, 0.1) is 17.1 Å². The second-order valence-electron chi connectivity index (χ2n) is 6.31. The van der Waals surface area contributed by atoms with Crippen LogP contribution in [0.2, 0.25) is 0 Å². The lowest BCUT2D eigenvalue weighted by molar-refractivity contribution is 0.103. The lowest BCUT2D eigenvalue weighted by atomic mass is 9.90. The van der Waals surface area contributed by atoms with Gasteiger partial charge in [0, 0.05) is 23.4 Å². The van der Waals surface area contributed by atoms with Gasteiger partial charge in [0.15, 0.2) is 5.78 Å². The van der Waals surface area contributed by atoms with Gasteiger partial charge in [-0.15, -0.1) is 0 Å². The average Bonchev–Trinajstić information content (AvgIpc) is 3.00. The Bertz CT molecular complexity index is 1100. The van der Waals surface area contributed by atoms with Crippen LogP contribution in [-0.2, 0) is 0 Å². The third-order valence-corrected chi connectivity index (χ3v) is 4.68. The fourth-order valence-electron chi connectivity index (χ4n) is 3.46. The van der Waals surface area contributed by atoms with Crippen molar-refractivity contribution in [3.63, 3.8) is 0 Å². The first-order valence-electron chi connectivity index (χ1n) is 8.54. The average molecular weight is 354 g/mol.